The molecule has 0 saturated carbocycles. The quantitative estimate of drug-likeness (QED) is 0.626. The zero-order valence-corrected chi connectivity index (χ0v) is 17.7. The van der Waals surface area contributed by atoms with E-state index in [9.17, 15) is 4.79 Å². The third-order valence-corrected chi connectivity index (χ3v) is 4.02. The van der Waals surface area contributed by atoms with Gasteiger partial charge in [0.2, 0.25) is 5.91 Å². The topological polar surface area (TPSA) is 44.4 Å². The summed E-state index contributed by atoms with van der Waals surface area (Å²) in [6.07, 6.45) is 0. The molecule has 0 saturated heterocycles. The van der Waals surface area contributed by atoms with Crippen LogP contribution in [0.25, 0.3) is 0 Å². The van der Waals surface area contributed by atoms with Crippen LogP contribution in [0.5, 0.6) is 0 Å². The van der Waals surface area contributed by atoms with Crippen LogP contribution in [0.15, 0.2) is 60.7 Å². The van der Waals surface area contributed by atoms with E-state index in [-0.39, 0.29) is 36.8 Å². The van der Waals surface area contributed by atoms with E-state index in [1.54, 1.807) is 0 Å². The molecule has 0 spiro atoms. The number of benzene rings is 2. The number of carbonyl (C=O) groups excluding carboxylic acids is 1. The molecule has 0 aliphatic carbocycles. The highest BCUT2D eigenvalue weighted by molar-refractivity contribution is 5.85. The van der Waals surface area contributed by atoms with Crippen molar-refractivity contribution in [2.24, 2.45) is 0 Å². The molecule has 2 N–H and O–H groups in total. The molecule has 6 heteroatoms. The van der Waals surface area contributed by atoms with Gasteiger partial charge in [0.25, 0.3) is 0 Å². The molecule has 4 nitrogen and oxygen atoms in total. The highest BCUT2D eigenvalue weighted by Gasteiger charge is 2.13. The molecular formula is C21H31Cl2N3O. The summed E-state index contributed by atoms with van der Waals surface area (Å²) in [6.45, 7) is 7.61. The van der Waals surface area contributed by atoms with Crippen molar-refractivity contribution in [3.63, 3.8) is 0 Å². The average molecular weight is 412 g/mol. The first-order valence-corrected chi connectivity index (χ1v) is 8.97. The van der Waals surface area contributed by atoms with Gasteiger partial charge in [-0.1, -0.05) is 67.6 Å². The molecule has 150 valence electrons. The van der Waals surface area contributed by atoms with E-state index < -0.39 is 0 Å². The molecule has 2 aromatic rings. The zero-order valence-electron chi connectivity index (χ0n) is 16.1. The van der Waals surface area contributed by atoms with E-state index in [0.29, 0.717) is 13.1 Å². The fourth-order valence-corrected chi connectivity index (χ4v) is 2.80. The highest BCUT2D eigenvalue weighted by Crippen LogP contribution is 2.09. The van der Waals surface area contributed by atoms with Crippen molar-refractivity contribution in [3.05, 3.63) is 71.8 Å². The number of hydrogen-bond acceptors (Lipinski definition) is 3. The van der Waals surface area contributed by atoms with Crippen molar-refractivity contribution in [1.82, 2.24) is 15.5 Å². The third kappa shape index (κ3) is 10.4. The van der Waals surface area contributed by atoms with Gasteiger partial charge in [-0.3, -0.25) is 9.69 Å². The van der Waals surface area contributed by atoms with Gasteiger partial charge in [0, 0.05) is 25.7 Å². The van der Waals surface area contributed by atoms with Gasteiger partial charge in [0.15, 0.2) is 0 Å². The Kier molecular flexibility index (Phi) is 13.6. The molecule has 0 aliphatic heterocycles. The second-order valence-corrected chi connectivity index (χ2v) is 6.38. The Morgan fingerprint density at radius 1 is 0.926 bits per heavy atom. The normalized spacial score (nSPS) is 11.2. The van der Waals surface area contributed by atoms with Crippen LogP contribution in [-0.2, 0) is 17.9 Å². The third-order valence-electron chi connectivity index (χ3n) is 4.02. The molecule has 0 heterocycles. The van der Waals surface area contributed by atoms with Gasteiger partial charge in [-0.25, -0.2) is 0 Å². The minimum absolute atomic E-state index is 0. The first kappa shape index (κ1) is 25.4. The van der Waals surface area contributed by atoms with E-state index >= 15 is 0 Å². The fraction of sp³-hybridized carbons (Fsp3) is 0.381. The summed E-state index contributed by atoms with van der Waals surface area (Å²) >= 11 is 0. The molecule has 2 rings (SSSR count). The number of halogens is 2. The number of likely N-dealkylation sites (N-methyl/N-ethyl adjacent to an activating group) is 1. The summed E-state index contributed by atoms with van der Waals surface area (Å²) in [5, 5.41) is 6.33. The van der Waals surface area contributed by atoms with Gasteiger partial charge >= 0.3 is 0 Å². The van der Waals surface area contributed by atoms with Gasteiger partial charge in [0.05, 0.1) is 6.54 Å². The first-order valence-electron chi connectivity index (χ1n) is 8.97. The molecule has 0 aromatic heterocycles. The maximum absolute atomic E-state index is 12.4. The summed E-state index contributed by atoms with van der Waals surface area (Å²) in [6, 6.07) is 20.9. The number of hydrogen-bond donors (Lipinski definition) is 2. The van der Waals surface area contributed by atoms with Crippen LogP contribution >= 0.6 is 24.8 Å². The van der Waals surface area contributed by atoms with Crippen molar-refractivity contribution in [3.8, 4) is 0 Å². The Morgan fingerprint density at radius 2 is 1.41 bits per heavy atom. The van der Waals surface area contributed by atoms with Gasteiger partial charge in [-0.2, -0.15) is 0 Å². The van der Waals surface area contributed by atoms with Crippen LogP contribution < -0.4 is 10.6 Å². The van der Waals surface area contributed by atoms with Crippen molar-refractivity contribution >= 4 is 30.7 Å². The van der Waals surface area contributed by atoms with Crippen LogP contribution in [0.2, 0.25) is 0 Å². The van der Waals surface area contributed by atoms with E-state index in [1.165, 1.54) is 11.1 Å². The lowest BCUT2D eigenvalue weighted by Crippen LogP contribution is -2.42. The minimum Gasteiger partial charge on any atom is -0.353 e. The van der Waals surface area contributed by atoms with Gasteiger partial charge in [0.1, 0.15) is 0 Å². The number of nitrogens with zero attached hydrogens (tertiary/aromatic N) is 1. The van der Waals surface area contributed by atoms with Crippen molar-refractivity contribution in [1.29, 1.82) is 0 Å². The second-order valence-electron chi connectivity index (χ2n) is 6.38. The molecule has 0 aliphatic rings. The Hall–Kier alpha value is -1.59. The largest absolute Gasteiger partial charge is 0.353 e. The predicted octanol–water partition coefficient (Wildman–Crippen LogP) is 3.65. The van der Waals surface area contributed by atoms with Crippen LogP contribution in [0, 0.1) is 0 Å². The van der Waals surface area contributed by atoms with Crippen LogP contribution in [0.3, 0.4) is 0 Å². The monoisotopic (exact) mass is 411 g/mol. The summed E-state index contributed by atoms with van der Waals surface area (Å²) in [5.74, 6) is 0.0663. The highest BCUT2D eigenvalue weighted by atomic mass is 35.5. The number of rotatable bonds is 10. The number of carbonyl (C=O) groups is 1. The molecule has 2 aromatic carbocycles. The molecule has 0 fully saturated rings. The van der Waals surface area contributed by atoms with Gasteiger partial charge in [-0.15, -0.1) is 24.8 Å². The average Bonchev–Trinajstić information content (AvgIpc) is 2.62. The molecule has 0 bridgehead atoms. The SMILES string of the molecule is CCN[C@H](C)CNC(=O)CN(Cc1ccccc1)Cc1ccccc1.Cl.Cl. The lowest BCUT2D eigenvalue weighted by atomic mass is 10.1. The Labute approximate surface area is 175 Å². The van der Waals surface area contributed by atoms with E-state index in [2.05, 4.69) is 53.6 Å². The molecule has 0 unspecified atom stereocenters. The standard InChI is InChI=1S/C21H29N3O.2ClH/c1-3-22-18(2)14-23-21(25)17-24(15-19-10-6-4-7-11-19)16-20-12-8-5-9-13-20;;/h4-13,18,22H,3,14-17H2,1-2H3,(H,23,25);2*1H/t18-;;/m1../s1. The summed E-state index contributed by atoms with van der Waals surface area (Å²) in [5.41, 5.74) is 2.43. The summed E-state index contributed by atoms with van der Waals surface area (Å²) < 4.78 is 0. The van der Waals surface area contributed by atoms with E-state index in [4.69, 9.17) is 0 Å². The van der Waals surface area contributed by atoms with Crippen molar-refractivity contribution < 1.29 is 4.79 Å². The zero-order chi connectivity index (χ0) is 17.9. The van der Waals surface area contributed by atoms with E-state index in [1.807, 2.05) is 36.4 Å². The van der Waals surface area contributed by atoms with Crippen LogP contribution in [0.4, 0.5) is 0 Å². The Morgan fingerprint density at radius 3 is 1.85 bits per heavy atom. The molecular weight excluding hydrogens is 381 g/mol. The number of amides is 1. The lowest BCUT2D eigenvalue weighted by molar-refractivity contribution is -0.122. The van der Waals surface area contributed by atoms with Crippen LogP contribution in [0.1, 0.15) is 25.0 Å². The summed E-state index contributed by atoms with van der Waals surface area (Å²) in [4.78, 5) is 14.5. The predicted molar refractivity (Wildman–Crippen MR) is 118 cm³/mol. The van der Waals surface area contributed by atoms with Crippen molar-refractivity contribution in [2.45, 2.75) is 33.0 Å². The van der Waals surface area contributed by atoms with Gasteiger partial charge in [-0.05, 0) is 24.6 Å². The molecule has 1 atom stereocenters. The fourth-order valence-electron chi connectivity index (χ4n) is 2.80. The first-order chi connectivity index (χ1) is 12.2. The number of nitrogens with one attached hydrogen (secondary N) is 2. The molecule has 27 heavy (non-hydrogen) atoms. The maximum Gasteiger partial charge on any atom is 0.234 e. The van der Waals surface area contributed by atoms with Crippen LogP contribution in [-0.4, -0.2) is 36.5 Å². The minimum atomic E-state index is 0. The maximum atomic E-state index is 12.4. The lowest BCUT2D eigenvalue weighted by Gasteiger charge is -2.23. The van der Waals surface area contributed by atoms with Gasteiger partial charge < -0.3 is 10.6 Å². The Balaban J connectivity index is 0.00000338. The van der Waals surface area contributed by atoms with E-state index in [0.717, 1.165) is 19.6 Å². The Bertz CT molecular complexity index is 584. The van der Waals surface area contributed by atoms with Crippen molar-refractivity contribution in [2.75, 3.05) is 19.6 Å². The summed E-state index contributed by atoms with van der Waals surface area (Å²) in [7, 11) is 0. The molecule has 1 amide bonds. The molecule has 0 radical (unpaired) electrons. The smallest absolute Gasteiger partial charge is 0.234 e. The second kappa shape index (κ2) is 14.5.